The molecule has 8 heteroatoms. The molecule has 8 nitrogen and oxygen atoms in total. The van der Waals surface area contributed by atoms with Crippen LogP contribution in [-0.4, -0.2) is 64.5 Å². The zero-order valence-electron chi connectivity index (χ0n) is 15.4. The Morgan fingerprint density at radius 2 is 1.85 bits per heavy atom. The predicted molar refractivity (Wildman–Crippen MR) is 97.3 cm³/mol. The quantitative estimate of drug-likeness (QED) is 0.815. The van der Waals surface area contributed by atoms with Crippen molar-refractivity contribution in [1.82, 2.24) is 19.4 Å². The number of pyridine rings is 1. The molecule has 0 bridgehead atoms. The molecule has 1 fully saturated rings. The van der Waals surface area contributed by atoms with Crippen molar-refractivity contribution in [2.45, 2.75) is 6.42 Å². The topological polar surface area (TPSA) is 91.5 Å². The summed E-state index contributed by atoms with van der Waals surface area (Å²) in [7, 11) is 3.27. The fraction of sp³-hybridized carbons (Fsp3) is 0.368. The number of amides is 2. The maximum absolute atomic E-state index is 12.8. The molecule has 0 aromatic carbocycles. The molecule has 1 aliphatic rings. The van der Waals surface area contributed by atoms with Gasteiger partial charge in [-0.05, 0) is 18.6 Å². The number of hydrogen-bond donors (Lipinski definition) is 0. The first kappa shape index (κ1) is 18.5. The van der Waals surface area contributed by atoms with Crippen LogP contribution in [-0.2, 0) is 7.05 Å². The van der Waals surface area contributed by atoms with Crippen molar-refractivity contribution in [3.63, 3.8) is 0 Å². The number of nitriles is 1. The van der Waals surface area contributed by atoms with Gasteiger partial charge in [-0.2, -0.15) is 5.26 Å². The third-order valence-electron chi connectivity index (χ3n) is 4.62. The Kier molecular flexibility index (Phi) is 5.41. The second kappa shape index (κ2) is 7.91. The van der Waals surface area contributed by atoms with Crippen molar-refractivity contribution < 1.29 is 14.3 Å². The number of aromatic nitrogens is 2. The molecule has 0 N–H and O–H groups in total. The van der Waals surface area contributed by atoms with Gasteiger partial charge in [-0.25, -0.2) is 4.98 Å². The second-order valence-corrected chi connectivity index (χ2v) is 6.36. The van der Waals surface area contributed by atoms with Gasteiger partial charge in [0.15, 0.2) is 0 Å². The smallest absolute Gasteiger partial charge is 0.270 e. The summed E-state index contributed by atoms with van der Waals surface area (Å²) in [5.41, 5.74) is 1.43. The van der Waals surface area contributed by atoms with Gasteiger partial charge in [-0.3, -0.25) is 9.59 Å². The number of aryl methyl sites for hydroxylation is 1. The van der Waals surface area contributed by atoms with Crippen LogP contribution in [0.3, 0.4) is 0 Å². The van der Waals surface area contributed by atoms with E-state index in [9.17, 15) is 9.59 Å². The fourth-order valence-electron chi connectivity index (χ4n) is 3.13. The van der Waals surface area contributed by atoms with Gasteiger partial charge >= 0.3 is 0 Å². The minimum Gasteiger partial charge on any atom is -0.481 e. The van der Waals surface area contributed by atoms with Gasteiger partial charge in [0.25, 0.3) is 11.8 Å². The molecule has 0 radical (unpaired) electrons. The lowest BCUT2D eigenvalue weighted by Crippen LogP contribution is -2.37. The standard InChI is InChI=1S/C19H21N5O3/c1-22-13-14(11-20)10-16(22)19(26)24-7-3-6-23(8-9-24)18(25)15-4-5-17(27-2)21-12-15/h4-5,10,12-13H,3,6-9H2,1-2H3. The summed E-state index contributed by atoms with van der Waals surface area (Å²) in [4.78, 5) is 33.0. The summed E-state index contributed by atoms with van der Waals surface area (Å²) in [6, 6.07) is 6.99. The molecule has 1 aliphatic heterocycles. The summed E-state index contributed by atoms with van der Waals surface area (Å²) >= 11 is 0. The number of ether oxygens (including phenoxy) is 1. The van der Waals surface area contributed by atoms with E-state index in [-0.39, 0.29) is 11.8 Å². The van der Waals surface area contributed by atoms with Crippen LogP contribution < -0.4 is 4.74 Å². The molecule has 0 spiro atoms. The molecule has 2 aromatic rings. The van der Waals surface area contributed by atoms with Crippen LogP contribution in [0.4, 0.5) is 0 Å². The van der Waals surface area contributed by atoms with Gasteiger partial charge in [-0.1, -0.05) is 0 Å². The molecule has 1 saturated heterocycles. The van der Waals surface area contributed by atoms with E-state index >= 15 is 0 Å². The first-order valence-electron chi connectivity index (χ1n) is 8.68. The zero-order chi connectivity index (χ0) is 19.4. The molecule has 27 heavy (non-hydrogen) atoms. The fourth-order valence-corrected chi connectivity index (χ4v) is 3.13. The number of rotatable bonds is 3. The Morgan fingerprint density at radius 3 is 2.41 bits per heavy atom. The predicted octanol–water partition coefficient (Wildman–Crippen LogP) is 1.29. The zero-order valence-corrected chi connectivity index (χ0v) is 15.4. The lowest BCUT2D eigenvalue weighted by Gasteiger charge is -2.22. The summed E-state index contributed by atoms with van der Waals surface area (Å²) in [5.74, 6) is 0.225. The lowest BCUT2D eigenvalue weighted by atomic mass is 10.2. The van der Waals surface area contributed by atoms with E-state index in [0.29, 0.717) is 55.3 Å². The maximum atomic E-state index is 12.8. The van der Waals surface area contributed by atoms with Crippen molar-refractivity contribution in [1.29, 1.82) is 5.26 Å². The second-order valence-electron chi connectivity index (χ2n) is 6.36. The number of carbonyl (C=O) groups excluding carboxylic acids is 2. The minimum atomic E-state index is -0.126. The molecule has 2 amide bonds. The van der Waals surface area contributed by atoms with Crippen LogP contribution in [0.5, 0.6) is 5.88 Å². The summed E-state index contributed by atoms with van der Waals surface area (Å²) < 4.78 is 6.68. The molecule has 3 rings (SSSR count). The van der Waals surface area contributed by atoms with Crippen molar-refractivity contribution in [3.05, 3.63) is 47.4 Å². The third-order valence-corrected chi connectivity index (χ3v) is 4.62. The summed E-state index contributed by atoms with van der Waals surface area (Å²) in [6.45, 7) is 2.04. The monoisotopic (exact) mass is 367 g/mol. The molecule has 3 heterocycles. The first-order valence-corrected chi connectivity index (χ1v) is 8.68. The van der Waals surface area contributed by atoms with Gasteiger partial charge in [0.05, 0.1) is 18.2 Å². The Hall–Kier alpha value is -3.34. The summed E-state index contributed by atoms with van der Waals surface area (Å²) in [6.07, 6.45) is 3.83. The van der Waals surface area contributed by atoms with E-state index in [0.717, 1.165) is 0 Å². The van der Waals surface area contributed by atoms with Crippen LogP contribution in [0.2, 0.25) is 0 Å². The van der Waals surface area contributed by atoms with Crippen LogP contribution >= 0.6 is 0 Å². The Morgan fingerprint density at radius 1 is 1.15 bits per heavy atom. The van der Waals surface area contributed by atoms with E-state index in [1.54, 1.807) is 45.8 Å². The molecule has 0 unspecified atom stereocenters. The van der Waals surface area contributed by atoms with Gasteiger partial charge in [0, 0.05) is 51.7 Å². The summed E-state index contributed by atoms with van der Waals surface area (Å²) in [5, 5.41) is 9.00. The van der Waals surface area contributed by atoms with Crippen molar-refractivity contribution in [3.8, 4) is 11.9 Å². The highest BCUT2D eigenvalue weighted by atomic mass is 16.5. The average Bonchev–Trinajstić information content (AvgIpc) is 2.91. The number of methoxy groups -OCH3 is 1. The van der Waals surface area contributed by atoms with Gasteiger partial charge in [0.1, 0.15) is 11.8 Å². The molecule has 0 aliphatic carbocycles. The number of nitrogens with zero attached hydrogens (tertiary/aromatic N) is 5. The van der Waals surface area contributed by atoms with E-state index < -0.39 is 0 Å². The normalized spacial score (nSPS) is 14.4. The Bertz CT molecular complexity index is 882. The van der Waals surface area contributed by atoms with Crippen LogP contribution in [0.1, 0.15) is 32.8 Å². The highest BCUT2D eigenvalue weighted by Crippen LogP contribution is 2.14. The highest BCUT2D eigenvalue weighted by molar-refractivity contribution is 5.95. The molecule has 2 aromatic heterocycles. The van der Waals surface area contributed by atoms with Crippen molar-refractivity contribution >= 4 is 11.8 Å². The van der Waals surface area contributed by atoms with E-state index in [1.807, 2.05) is 6.07 Å². The molecule has 140 valence electrons. The van der Waals surface area contributed by atoms with E-state index in [2.05, 4.69) is 4.98 Å². The van der Waals surface area contributed by atoms with Crippen molar-refractivity contribution in [2.24, 2.45) is 7.05 Å². The van der Waals surface area contributed by atoms with Crippen molar-refractivity contribution in [2.75, 3.05) is 33.3 Å². The first-order chi connectivity index (χ1) is 13.0. The van der Waals surface area contributed by atoms with Gasteiger partial charge in [-0.15, -0.1) is 0 Å². The molecular formula is C19H21N5O3. The maximum Gasteiger partial charge on any atom is 0.270 e. The highest BCUT2D eigenvalue weighted by Gasteiger charge is 2.25. The number of hydrogen-bond acceptors (Lipinski definition) is 5. The van der Waals surface area contributed by atoms with E-state index in [1.165, 1.54) is 13.3 Å². The van der Waals surface area contributed by atoms with E-state index in [4.69, 9.17) is 10.00 Å². The van der Waals surface area contributed by atoms with Crippen LogP contribution in [0.15, 0.2) is 30.6 Å². The van der Waals surface area contributed by atoms with Crippen LogP contribution in [0, 0.1) is 11.3 Å². The minimum absolute atomic E-state index is 0.106. The number of carbonyl (C=O) groups is 2. The SMILES string of the molecule is COc1ccc(C(=O)N2CCCN(C(=O)c3cc(C#N)cn3C)CC2)cn1. The average molecular weight is 367 g/mol. The molecular weight excluding hydrogens is 346 g/mol. The lowest BCUT2D eigenvalue weighted by molar-refractivity contribution is 0.0713. The third kappa shape index (κ3) is 3.92. The largest absolute Gasteiger partial charge is 0.481 e. The van der Waals surface area contributed by atoms with Gasteiger partial charge in [0.2, 0.25) is 5.88 Å². The van der Waals surface area contributed by atoms with Crippen LogP contribution in [0.25, 0.3) is 0 Å². The Balaban J connectivity index is 1.67. The molecule has 0 saturated carbocycles. The van der Waals surface area contributed by atoms with Gasteiger partial charge < -0.3 is 19.1 Å². The Labute approximate surface area is 157 Å². The molecule has 0 atom stereocenters.